The Balaban J connectivity index is 2.52. The lowest BCUT2D eigenvalue weighted by molar-refractivity contribution is -0.149. The number of amides is 1. The lowest BCUT2D eigenvalue weighted by Crippen LogP contribution is -2.33. The molecular formula is C13H18N2O4. The van der Waals surface area contributed by atoms with Crippen LogP contribution in [0.2, 0.25) is 0 Å². The number of carbonyl (C=O) groups is 2. The molecule has 0 atom stereocenters. The maximum absolute atomic E-state index is 11.7. The summed E-state index contributed by atoms with van der Waals surface area (Å²) in [5, 5.41) is 11.6. The summed E-state index contributed by atoms with van der Waals surface area (Å²) in [6.45, 7) is 3.35. The SMILES string of the molecule is COc1cc(CNC(=O)CC(C)(C)C(=O)O)ccn1. The van der Waals surface area contributed by atoms with Crippen molar-refractivity contribution in [3.05, 3.63) is 23.9 Å². The van der Waals surface area contributed by atoms with Gasteiger partial charge >= 0.3 is 5.97 Å². The van der Waals surface area contributed by atoms with Crippen molar-refractivity contribution in [3.8, 4) is 5.88 Å². The largest absolute Gasteiger partial charge is 0.481 e. The molecule has 0 fully saturated rings. The summed E-state index contributed by atoms with van der Waals surface area (Å²) >= 11 is 0. The maximum atomic E-state index is 11.7. The highest BCUT2D eigenvalue weighted by atomic mass is 16.5. The van der Waals surface area contributed by atoms with Gasteiger partial charge < -0.3 is 15.2 Å². The molecular weight excluding hydrogens is 248 g/mol. The molecule has 0 radical (unpaired) electrons. The van der Waals surface area contributed by atoms with Crippen LogP contribution in [0.4, 0.5) is 0 Å². The number of carboxylic acids is 1. The molecule has 2 N–H and O–H groups in total. The number of hydrogen-bond donors (Lipinski definition) is 2. The average molecular weight is 266 g/mol. The van der Waals surface area contributed by atoms with Crippen molar-refractivity contribution in [3.63, 3.8) is 0 Å². The number of aliphatic carboxylic acids is 1. The van der Waals surface area contributed by atoms with Crippen LogP contribution < -0.4 is 10.1 Å². The van der Waals surface area contributed by atoms with Gasteiger partial charge in [0.2, 0.25) is 11.8 Å². The van der Waals surface area contributed by atoms with Crippen LogP contribution in [0.25, 0.3) is 0 Å². The highest BCUT2D eigenvalue weighted by molar-refractivity contribution is 5.84. The van der Waals surface area contributed by atoms with E-state index in [0.29, 0.717) is 12.4 Å². The van der Waals surface area contributed by atoms with Crippen molar-refractivity contribution in [2.45, 2.75) is 26.8 Å². The zero-order valence-corrected chi connectivity index (χ0v) is 11.3. The van der Waals surface area contributed by atoms with Gasteiger partial charge in [-0.1, -0.05) is 0 Å². The third kappa shape index (κ3) is 4.57. The van der Waals surface area contributed by atoms with Crippen LogP contribution in [0, 0.1) is 5.41 Å². The first-order valence-corrected chi connectivity index (χ1v) is 5.84. The Kier molecular flexibility index (Phi) is 4.86. The van der Waals surface area contributed by atoms with Crippen molar-refractivity contribution in [1.82, 2.24) is 10.3 Å². The minimum absolute atomic E-state index is 0.0649. The fraction of sp³-hybridized carbons (Fsp3) is 0.462. The molecule has 0 unspecified atom stereocenters. The molecule has 0 aliphatic heterocycles. The third-order valence-corrected chi connectivity index (χ3v) is 2.68. The monoisotopic (exact) mass is 266 g/mol. The average Bonchev–Trinajstić information content (AvgIpc) is 2.36. The zero-order chi connectivity index (χ0) is 14.5. The zero-order valence-electron chi connectivity index (χ0n) is 11.3. The Morgan fingerprint density at radius 2 is 2.16 bits per heavy atom. The molecule has 104 valence electrons. The predicted octanol–water partition coefficient (Wildman–Crippen LogP) is 1.21. The lowest BCUT2D eigenvalue weighted by atomic mass is 9.89. The van der Waals surface area contributed by atoms with Gasteiger partial charge in [0, 0.05) is 25.2 Å². The Morgan fingerprint density at radius 1 is 1.47 bits per heavy atom. The van der Waals surface area contributed by atoms with Gasteiger partial charge in [-0.2, -0.15) is 0 Å². The molecule has 6 heteroatoms. The Bertz CT molecular complexity index is 471. The van der Waals surface area contributed by atoms with Crippen LogP contribution in [0.5, 0.6) is 5.88 Å². The van der Waals surface area contributed by atoms with E-state index in [9.17, 15) is 9.59 Å². The minimum Gasteiger partial charge on any atom is -0.481 e. The van der Waals surface area contributed by atoms with Gasteiger partial charge in [0.05, 0.1) is 12.5 Å². The first-order valence-electron chi connectivity index (χ1n) is 5.84. The van der Waals surface area contributed by atoms with E-state index in [-0.39, 0.29) is 12.3 Å². The minimum atomic E-state index is -1.07. The number of nitrogens with zero attached hydrogens (tertiary/aromatic N) is 1. The number of hydrogen-bond acceptors (Lipinski definition) is 4. The van der Waals surface area contributed by atoms with Crippen LogP contribution >= 0.6 is 0 Å². The van der Waals surface area contributed by atoms with Gasteiger partial charge in [-0.15, -0.1) is 0 Å². The number of ether oxygens (including phenoxy) is 1. The van der Waals surface area contributed by atoms with Gasteiger partial charge in [0.1, 0.15) is 0 Å². The highest BCUT2D eigenvalue weighted by Crippen LogP contribution is 2.20. The van der Waals surface area contributed by atoms with Gasteiger partial charge in [-0.05, 0) is 25.5 Å². The fourth-order valence-corrected chi connectivity index (χ4v) is 1.41. The van der Waals surface area contributed by atoms with Gasteiger partial charge in [0.25, 0.3) is 0 Å². The van der Waals surface area contributed by atoms with E-state index in [0.717, 1.165) is 5.56 Å². The number of nitrogens with one attached hydrogen (secondary N) is 1. The third-order valence-electron chi connectivity index (χ3n) is 2.68. The van der Waals surface area contributed by atoms with Crippen LogP contribution in [0.3, 0.4) is 0 Å². The molecule has 1 heterocycles. The summed E-state index contributed by atoms with van der Waals surface area (Å²) < 4.78 is 4.97. The molecule has 1 amide bonds. The second-order valence-corrected chi connectivity index (χ2v) is 4.85. The van der Waals surface area contributed by atoms with E-state index >= 15 is 0 Å². The molecule has 1 rings (SSSR count). The maximum Gasteiger partial charge on any atom is 0.309 e. The lowest BCUT2D eigenvalue weighted by Gasteiger charge is -2.18. The van der Waals surface area contributed by atoms with Gasteiger partial charge in [-0.3, -0.25) is 9.59 Å². The topological polar surface area (TPSA) is 88.5 Å². The number of carboxylic acid groups (broad SMARTS) is 1. The summed E-state index contributed by atoms with van der Waals surface area (Å²) in [4.78, 5) is 26.5. The summed E-state index contributed by atoms with van der Waals surface area (Å²) in [6.07, 6.45) is 1.52. The van der Waals surface area contributed by atoms with E-state index < -0.39 is 11.4 Å². The van der Waals surface area contributed by atoms with E-state index in [1.807, 2.05) is 0 Å². The van der Waals surface area contributed by atoms with E-state index in [1.165, 1.54) is 21.0 Å². The number of aromatic nitrogens is 1. The summed E-state index contributed by atoms with van der Waals surface area (Å²) in [6, 6.07) is 3.47. The van der Waals surface area contributed by atoms with Crippen LogP contribution in [-0.2, 0) is 16.1 Å². The number of carbonyl (C=O) groups excluding carboxylic acids is 1. The molecule has 6 nitrogen and oxygen atoms in total. The van der Waals surface area contributed by atoms with Crippen LogP contribution in [0.15, 0.2) is 18.3 Å². The van der Waals surface area contributed by atoms with Gasteiger partial charge in [-0.25, -0.2) is 4.98 Å². The van der Waals surface area contributed by atoms with Crippen molar-refractivity contribution >= 4 is 11.9 Å². The van der Waals surface area contributed by atoms with Crippen molar-refractivity contribution in [1.29, 1.82) is 0 Å². The number of methoxy groups -OCH3 is 1. The fourth-order valence-electron chi connectivity index (χ4n) is 1.41. The molecule has 0 saturated heterocycles. The van der Waals surface area contributed by atoms with Gasteiger partial charge in [0.15, 0.2) is 0 Å². The Morgan fingerprint density at radius 3 is 2.74 bits per heavy atom. The molecule has 0 aliphatic rings. The molecule has 0 bridgehead atoms. The quantitative estimate of drug-likeness (QED) is 0.807. The van der Waals surface area contributed by atoms with E-state index in [4.69, 9.17) is 9.84 Å². The molecule has 0 spiro atoms. The molecule has 1 aromatic heterocycles. The normalized spacial score (nSPS) is 10.9. The molecule has 0 aliphatic carbocycles. The van der Waals surface area contributed by atoms with E-state index in [1.54, 1.807) is 18.3 Å². The number of pyridine rings is 1. The van der Waals surface area contributed by atoms with Crippen molar-refractivity contribution in [2.24, 2.45) is 5.41 Å². The second-order valence-electron chi connectivity index (χ2n) is 4.85. The highest BCUT2D eigenvalue weighted by Gasteiger charge is 2.29. The smallest absolute Gasteiger partial charge is 0.309 e. The van der Waals surface area contributed by atoms with Crippen molar-refractivity contribution < 1.29 is 19.4 Å². The molecule has 19 heavy (non-hydrogen) atoms. The Hall–Kier alpha value is -2.11. The second kappa shape index (κ2) is 6.17. The predicted molar refractivity (Wildman–Crippen MR) is 68.7 cm³/mol. The molecule has 0 aromatic carbocycles. The Labute approximate surface area is 111 Å². The summed E-state index contributed by atoms with van der Waals surface area (Å²) in [7, 11) is 1.51. The molecule has 1 aromatic rings. The van der Waals surface area contributed by atoms with Crippen molar-refractivity contribution in [2.75, 3.05) is 7.11 Å². The summed E-state index contributed by atoms with van der Waals surface area (Å²) in [5.74, 6) is -0.825. The van der Waals surface area contributed by atoms with Crippen LogP contribution in [0.1, 0.15) is 25.8 Å². The van der Waals surface area contributed by atoms with E-state index in [2.05, 4.69) is 10.3 Å². The first kappa shape index (κ1) is 14.9. The first-order chi connectivity index (χ1) is 8.85. The van der Waals surface area contributed by atoms with Crippen LogP contribution in [-0.4, -0.2) is 29.1 Å². The standard InChI is InChI=1S/C13H18N2O4/c1-13(2,12(17)18)7-10(16)15-8-9-4-5-14-11(6-9)19-3/h4-6H,7-8H2,1-3H3,(H,15,16)(H,17,18). The molecule has 0 saturated carbocycles. The summed E-state index contributed by atoms with van der Waals surface area (Å²) in [5.41, 5.74) is -0.228. The number of rotatable bonds is 6.